The van der Waals surface area contributed by atoms with Gasteiger partial charge in [0.15, 0.2) is 5.96 Å². The highest BCUT2D eigenvalue weighted by Crippen LogP contribution is 2.32. The number of thioether (sulfide) groups is 1. The number of nitrogens with zero attached hydrogens (tertiary/aromatic N) is 2. The number of hydrogen-bond acceptors (Lipinski definition) is 3. The van der Waals surface area contributed by atoms with Crippen LogP contribution in [0.5, 0.6) is 0 Å². The summed E-state index contributed by atoms with van der Waals surface area (Å²) in [6.45, 7) is 5.71. The average Bonchev–Trinajstić information content (AvgIpc) is 2.52. The Morgan fingerprint density at radius 1 is 1.25 bits per heavy atom. The van der Waals surface area contributed by atoms with Crippen molar-refractivity contribution in [1.29, 1.82) is 0 Å². The van der Waals surface area contributed by atoms with Crippen molar-refractivity contribution in [3.8, 4) is 0 Å². The van der Waals surface area contributed by atoms with Gasteiger partial charge in [-0.2, -0.15) is 0 Å². The van der Waals surface area contributed by atoms with Crippen LogP contribution >= 0.6 is 27.7 Å². The summed E-state index contributed by atoms with van der Waals surface area (Å²) < 4.78 is 1.09. The van der Waals surface area contributed by atoms with Crippen LogP contribution in [0.3, 0.4) is 0 Å². The van der Waals surface area contributed by atoms with E-state index in [9.17, 15) is 4.79 Å². The van der Waals surface area contributed by atoms with Crippen LogP contribution in [0.2, 0.25) is 0 Å². The van der Waals surface area contributed by atoms with Gasteiger partial charge in [0.05, 0.1) is 0 Å². The van der Waals surface area contributed by atoms with Gasteiger partial charge in [0.2, 0.25) is 5.91 Å². The van der Waals surface area contributed by atoms with Crippen LogP contribution in [0.1, 0.15) is 20.3 Å². The lowest BCUT2D eigenvalue weighted by atomic mass is 10.2. The van der Waals surface area contributed by atoms with Crippen LogP contribution in [-0.4, -0.2) is 55.7 Å². The van der Waals surface area contributed by atoms with E-state index < -0.39 is 0 Å². The van der Waals surface area contributed by atoms with Gasteiger partial charge in [-0.1, -0.05) is 15.9 Å². The minimum Gasteiger partial charge on any atom is -0.356 e. The van der Waals surface area contributed by atoms with Crippen molar-refractivity contribution in [1.82, 2.24) is 15.5 Å². The van der Waals surface area contributed by atoms with Crippen molar-refractivity contribution in [3.05, 3.63) is 28.7 Å². The lowest BCUT2D eigenvalue weighted by Gasteiger charge is -2.25. The van der Waals surface area contributed by atoms with Crippen molar-refractivity contribution >= 4 is 39.6 Å². The molecule has 0 radical (unpaired) electrons. The van der Waals surface area contributed by atoms with Gasteiger partial charge in [-0.25, -0.2) is 0 Å². The van der Waals surface area contributed by atoms with Crippen molar-refractivity contribution in [3.63, 3.8) is 0 Å². The minimum absolute atomic E-state index is 0.00487. The van der Waals surface area contributed by atoms with Crippen molar-refractivity contribution in [2.24, 2.45) is 4.99 Å². The third-order valence-electron chi connectivity index (χ3n) is 3.24. The molecule has 0 aliphatic heterocycles. The maximum absolute atomic E-state index is 11.6. The zero-order chi connectivity index (χ0) is 18.2. The molecule has 7 heteroatoms. The number of amides is 1. The van der Waals surface area contributed by atoms with Gasteiger partial charge in [0, 0.05) is 54.8 Å². The van der Waals surface area contributed by atoms with Gasteiger partial charge >= 0.3 is 0 Å². The number of halogens is 1. The van der Waals surface area contributed by atoms with Gasteiger partial charge in [-0.05, 0) is 38.1 Å². The van der Waals surface area contributed by atoms with Gasteiger partial charge in [0.1, 0.15) is 0 Å². The van der Waals surface area contributed by atoms with E-state index >= 15 is 0 Å². The number of benzene rings is 1. The summed E-state index contributed by atoms with van der Waals surface area (Å²) in [4.78, 5) is 18.6. The fraction of sp³-hybridized carbons (Fsp3) is 0.529. The average molecular weight is 415 g/mol. The number of aliphatic imine (C=N–C) groups is 1. The molecule has 134 valence electrons. The Kier molecular flexibility index (Phi) is 8.62. The van der Waals surface area contributed by atoms with Crippen LogP contribution < -0.4 is 10.6 Å². The molecular weight excluding hydrogens is 388 g/mol. The van der Waals surface area contributed by atoms with Gasteiger partial charge in [-0.15, -0.1) is 11.8 Å². The molecular formula is C17H27BrN4OS. The fourth-order valence-corrected chi connectivity index (χ4v) is 3.21. The molecule has 0 aliphatic carbocycles. The van der Waals surface area contributed by atoms with E-state index in [1.807, 2.05) is 23.9 Å². The van der Waals surface area contributed by atoms with Gasteiger partial charge in [0.25, 0.3) is 0 Å². The molecule has 0 spiro atoms. The van der Waals surface area contributed by atoms with E-state index in [2.05, 4.69) is 57.5 Å². The lowest BCUT2D eigenvalue weighted by Crippen LogP contribution is -2.44. The topological polar surface area (TPSA) is 56.7 Å². The largest absolute Gasteiger partial charge is 0.356 e. The second kappa shape index (κ2) is 9.93. The quantitative estimate of drug-likeness (QED) is 0.409. The van der Waals surface area contributed by atoms with Crippen LogP contribution in [-0.2, 0) is 4.79 Å². The zero-order valence-corrected chi connectivity index (χ0v) is 17.4. The van der Waals surface area contributed by atoms with Crippen molar-refractivity contribution in [2.45, 2.75) is 29.9 Å². The first-order valence-corrected chi connectivity index (χ1v) is 9.44. The number of carbonyl (C=O) groups is 1. The highest BCUT2D eigenvalue weighted by atomic mass is 79.9. The van der Waals surface area contributed by atoms with Crippen LogP contribution in [0.4, 0.5) is 0 Å². The number of nitrogens with one attached hydrogen (secondary N) is 2. The Morgan fingerprint density at radius 3 is 2.42 bits per heavy atom. The molecule has 0 unspecified atom stereocenters. The summed E-state index contributed by atoms with van der Waals surface area (Å²) in [6, 6.07) is 8.31. The predicted molar refractivity (Wildman–Crippen MR) is 107 cm³/mol. The molecule has 0 saturated heterocycles. The molecule has 1 aromatic rings. The molecule has 0 heterocycles. The Labute approximate surface area is 157 Å². The summed E-state index contributed by atoms with van der Waals surface area (Å²) in [5.74, 6) is 0.815. The van der Waals surface area contributed by atoms with E-state index in [0.29, 0.717) is 18.9 Å². The van der Waals surface area contributed by atoms with E-state index in [1.54, 1.807) is 26.0 Å². The molecule has 0 aromatic heterocycles. The number of rotatable bonds is 7. The molecule has 0 bridgehead atoms. The number of hydrogen-bond donors (Lipinski definition) is 2. The summed E-state index contributed by atoms with van der Waals surface area (Å²) >= 11 is 5.27. The highest BCUT2D eigenvalue weighted by Gasteiger charge is 2.20. The molecule has 0 saturated carbocycles. The van der Waals surface area contributed by atoms with Crippen molar-refractivity contribution in [2.75, 3.05) is 34.2 Å². The summed E-state index contributed by atoms with van der Waals surface area (Å²) in [6.07, 6.45) is 0.449. The Hall–Kier alpha value is -1.21. The SMILES string of the molecule is CN=C(NCCC(=O)N(C)C)NCC(C)(C)Sc1ccc(Br)cc1. The maximum Gasteiger partial charge on any atom is 0.223 e. The predicted octanol–water partition coefficient (Wildman–Crippen LogP) is 2.96. The zero-order valence-electron chi connectivity index (χ0n) is 15.0. The van der Waals surface area contributed by atoms with Crippen LogP contribution in [0.15, 0.2) is 38.6 Å². The molecule has 2 N–H and O–H groups in total. The number of carbonyl (C=O) groups excluding carboxylic acids is 1. The summed E-state index contributed by atoms with van der Waals surface area (Å²) in [5, 5.41) is 6.50. The smallest absolute Gasteiger partial charge is 0.223 e. The lowest BCUT2D eigenvalue weighted by molar-refractivity contribution is -0.128. The molecule has 5 nitrogen and oxygen atoms in total. The Balaban J connectivity index is 2.43. The summed E-state index contributed by atoms with van der Waals surface area (Å²) in [5.41, 5.74) is 0. The molecule has 1 amide bonds. The summed E-state index contributed by atoms with van der Waals surface area (Å²) in [7, 11) is 5.26. The standard InChI is InChI=1S/C17H27BrN4OS/c1-17(2,24-14-8-6-13(18)7-9-14)12-21-16(19-3)20-11-10-15(23)22(4)5/h6-9H,10-12H2,1-5H3,(H2,19,20,21). The Bertz CT molecular complexity index is 558. The van der Waals surface area contributed by atoms with E-state index in [-0.39, 0.29) is 10.7 Å². The molecule has 24 heavy (non-hydrogen) atoms. The molecule has 0 fully saturated rings. The monoisotopic (exact) mass is 414 g/mol. The Morgan fingerprint density at radius 2 is 1.88 bits per heavy atom. The highest BCUT2D eigenvalue weighted by molar-refractivity contribution is 9.10. The van der Waals surface area contributed by atoms with Crippen LogP contribution in [0.25, 0.3) is 0 Å². The van der Waals surface area contributed by atoms with Crippen LogP contribution in [0, 0.1) is 0 Å². The first kappa shape index (κ1) is 20.8. The minimum atomic E-state index is 0.00487. The molecule has 0 aliphatic rings. The number of guanidine groups is 1. The molecule has 1 rings (SSSR count). The normalized spacial score (nSPS) is 12.0. The molecule has 0 atom stereocenters. The first-order chi connectivity index (χ1) is 11.2. The third-order valence-corrected chi connectivity index (χ3v) is 4.98. The van der Waals surface area contributed by atoms with E-state index in [1.165, 1.54) is 4.90 Å². The fourth-order valence-electron chi connectivity index (χ4n) is 1.89. The molecule has 1 aromatic carbocycles. The van der Waals surface area contributed by atoms with Gasteiger partial charge < -0.3 is 15.5 Å². The van der Waals surface area contributed by atoms with Crippen molar-refractivity contribution < 1.29 is 4.79 Å². The first-order valence-electron chi connectivity index (χ1n) is 7.83. The van der Waals surface area contributed by atoms with E-state index in [0.717, 1.165) is 11.0 Å². The maximum atomic E-state index is 11.6. The second-order valence-electron chi connectivity index (χ2n) is 6.21. The van der Waals surface area contributed by atoms with E-state index in [4.69, 9.17) is 0 Å². The van der Waals surface area contributed by atoms with Gasteiger partial charge in [-0.3, -0.25) is 9.79 Å². The second-order valence-corrected chi connectivity index (χ2v) is 8.90. The third kappa shape index (κ3) is 8.06.